The summed E-state index contributed by atoms with van der Waals surface area (Å²) in [5.74, 6) is 0.260. The molecule has 0 bridgehead atoms. The molecule has 0 radical (unpaired) electrons. The third-order valence-electron chi connectivity index (χ3n) is 3.67. The molecule has 0 saturated heterocycles. The maximum atomic E-state index is 12.0. The second-order valence-corrected chi connectivity index (χ2v) is 4.96. The van der Waals surface area contributed by atoms with Gasteiger partial charge in [-0.2, -0.15) is 0 Å². The smallest absolute Gasteiger partial charge is 0.231 e. The second kappa shape index (κ2) is 4.15. The number of nitrogens with zero attached hydrogens (tertiary/aromatic N) is 1. The highest BCUT2D eigenvalue weighted by Crippen LogP contribution is 2.36. The van der Waals surface area contributed by atoms with Gasteiger partial charge >= 0.3 is 0 Å². The lowest BCUT2D eigenvalue weighted by molar-refractivity contribution is -0.117. The van der Waals surface area contributed by atoms with Crippen molar-refractivity contribution in [1.29, 1.82) is 0 Å². The summed E-state index contributed by atoms with van der Waals surface area (Å²) in [5.41, 5.74) is 3.74. The van der Waals surface area contributed by atoms with Gasteiger partial charge in [0.1, 0.15) is 0 Å². The van der Waals surface area contributed by atoms with Crippen molar-refractivity contribution in [3.05, 3.63) is 29.3 Å². The number of hydrogen-bond acceptors (Lipinski definition) is 2. The summed E-state index contributed by atoms with van der Waals surface area (Å²) in [7, 11) is 0. The Labute approximate surface area is 102 Å². The van der Waals surface area contributed by atoms with Crippen molar-refractivity contribution < 1.29 is 4.79 Å². The van der Waals surface area contributed by atoms with Crippen LogP contribution in [-0.2, 0) is 17.6 Å². The number of amides is 1. The van der Waals surface area contributed by atoms with E-state index < -0.39 is 0 Å². The zero-order chi connectivity index (χ0) is 11.8. The first kappa shape index (κ1) is 10.8. The number of hydrogen-bond donors (Lipinski definition) is 1. The van der Waals surface area contributed by atoms with Crippen molar-refractivity contribution in [3.8, 4) is 0 Å². The standard InChI is InChI=1S/C14H18N2O/c1-2-6-15-12-7-10-4-3-5-11-8-13(17)16(9-12)14(10)11/h3-5,12,15H,2,6-9H2,1H3. The highest BCUT2D eigenvalue weighted by atomic mass is 16.2. The van der Waals surface area contributed by atoms with Gasteiger partial charge < -0.3 is 10.2 Å². The summed E-state index contributed by atoms with van der Waals surface area (Å²) < 4.78 is 0. The van der Waals surface area contributed by atoms with Crippen LogP contribution in [0.3, 0.4) is 0 Å². The number of carbonyl (C=O) groups is 1. The molecule has 1 atom stereocenters. The van der Waals surface area contributed by atoms with E-state index in [0.717, 1.165) is 25.9 Å². The molecule has 3 rings (SSSR count). The van der Waals surface area contributed by atoms with E-state index in [4.69, 9.17) is 0 Å². The molecule has 0 spiro atoms. The van der Waals surface area contributed by atoms with Crippen molar-refractivity contribution in [2.45, 2.75) is 32.2 Å². The van der Waals surface area contributed by atoms with E-state index in [2.05, 4.69) is 30.4 Å². The fourth-order valence-electron chi connectivity index (χ4n) is 2.91. The average molecular weight is 230 g/mol. The van der Waals surface area contributed by atoms with Crippen LogP contribution in [0.4, 0.5) is 5.69 Å². The lowest BCUT2D eigenvalue weighted by Gasteiger charge is -2.32. The van der Waals surface area contributed by atoms with Gasteiger partial charge in [-0.1, -0.05) is 25.1 Å². The third kappa shape index (κ3) is 1.75. The van der Waals surface area contributed by atoms with Gasteiger partial charge in [0.25, 0.3) is 0 Å². The molecule has 2 aliphatic rings. The largest absolute Gasteiger partial charge is 0.312 e. The molecular weight excluding hydrogens is 212 g/mol. The molecule has 1 aromatic rings. The maximum absolute atomic E-state index is 12.0. The van der Waals surface area contributed by atoms with Crippen molar-refractivity contribution in [2.75, 3.05) is 18.0 Å². The van der Waals surface area contributed by atoms with Crippen LogP contribution < -0.4 is 10.2 Å². The Morgan fingerprint density at radius 3 is 3.06 bits per heavy atom. The van der Waals surface area contributed by atoms with Gasteiger partial charge in [-0.25, -0.2) is 0 Å². The molecule has 1 N–H and O–H groups in total. The van der Waals surface area contributed by atoms with Gasteiger partial charge in [-0.15, -0.1) is 0 Å². The van der Waals surface area contributed by atoms with E-state index in [0.29, 0.717) is 12.5 Å². The van der Waals surface area contributed by atoms with Crippen LogP contribution in [-0.4, -0.2) is 25.0 Å². The maximum Gasteiger partial charge on any atom is 0.231 e. The molecule has 2 aliphatic heterocycles. The number of benzene rings is 1. The summed E-state index contributed by atoms with van der Waals surface area (Å²) in [4.78, 5) is 13.9. The predicted octanol–water partition coefficient (Wildman–Crippen LogP) is 1.50. The van der Waals surface area contributed by atoms with Crippen LogP contribution in [0.25, 0.3) is 0 Å². The Hall–Kier alpha value is -1.35. The molecule has 1 amide bonds. The second-order valence-electron chi connectivity index (χ2n) is 4.96. The monoisotopic (exact) mass is 230 g/mol. The molecule has 1 aromatic carbocycles. The van der Waals surface area contributed by atoms with Crippen LogP contribution in [0.2, 0.25) is 0 Å². The van der Waals surface area contributed by atoms with Crippen LogP contribution in [0.1, 0.15) is 24.5 Å². The van der Waals surface area contributed by atoms with Gasteiger partial charge in [-0.05, 0) is 30.5 Å². The number of anilines is 1. The number of rotatable bonds is 3. The molecular formula is C14H18N2O. The lowest BCUT2D eigenvalue weighted by atomic mass is 9.97. The SMILES string of the molecule is CCCNC1Cc2cccc3c2N(C1)C(=O)C3. The highest BCUT2D eigenvalue weighted by molar-refractivity contribution is 6.02. The zero-order valence-electron chi connectivity index (χ0n) is 10.2. The molecule has 17 heavy (non-hydrogen) atoms. The highest BCUT2D eigenvalue weighted by Gasteiger charge is 2.34. The molecule has 3 heteroatoms. The third-order valence-corrected chi connectivity index (χ3v) is 3.67. The first-order valence-corrected chi connectivity index (χ1v) is 6.44. The van der Waals surface area contributed by atoms with Crippen molar-refractivity contribution >= 4 is 11.6 Å². The fourth-order valence-corrected chi connectivity index (χ4v) is 2.91. The lowest BCUT2D eigenvalue weighted by Crippen LogP contribution is -2.47. The van der Waals surface area contributed by atoms with Gasteiger partial charge in [0.05, 0.1) is 12.1 Å². The van der Waals surface area contributed by atoms with Gasteiger partial charge in [0, 0.05) is 12.6 Å². The average Bonchev–Trinajstić information content (AvgIpc) is 2.66. The Bertz CT molecular complexity index is 456. The Morgan fingerprint density at radius 2 is 2.24 bits per heavy atom. The minimum absolute atomic E-state index is 0.260. The van der Waals surface area contributed by atoms with Crippen LogP contribution >= 0.6 is 0 Å². The molecule has 0 aromatic heterocycles. The quantitative estimate of drug-likeness (QED) is 0.853. The van der Waals surface area contributed by atoms with E-state index in [1.165, 1.54) is 16.8 Å². The normalized spacial score (nSPS) is 21.8. The fraction of sp³-hybridized carbons (Fsp3) is 0.500. The van der Waals surface area contributed by atoms with E-state index in [1.807, 2.05) is 4.90 Å². The van der Waals surface area contributed by atoms with Crippen molar-refractivity contribution in [3.63, 3.8) is 0 Å². The van der Waals surface area contributed by atoms with Gasteiger partial charge in [0.2, 0.25) is 5.91 Å². The Kier molecular flexibility index (Phi) is 2.63. The number of para-hydroxylation sites is 1. The zero-order valence-corrected chi connectivity index (χ0v) is 10.2. The summed E-state index contributed by atoms with van der Waals surface area (Å²) in [6, 6.07) is 6.73. The Morgan fingerprint density at radius 1 is 1.41 bits per heavy atom. The molecule has 0 fully saturated rings. The van der Waals surface area contributed by atoms with E-state index in [1.54, 1.807) is 0 Å². The molecule has 90 valence electrons. The summed E-state index contributed by atoms with van der Waals surface area (Å²) in [6.07, 6.45) is 2.77. The van der Waals surface area contributed by atoms with E-state index in [-0.39, 0.29) is 5.91 Å². The topological polar surface area (TPSA) is 32.3 Å². The summed E-state index contributed by atoms with van der Waals surface area (Å²) in [5, 5.41) is 3.53. The van der Waals surface area contributed by atoms with Crippen LogP contribution in [0.15, 0.2) is 18.2 Å². The van der Waals surface area contributed by atoms with Gasteiger partial charge in [0.15, 0.2) is 0 Å². The van der Waals surface area contributed by atoms with Crippen molar-refractivity contribution in [2.24, 2.45) is 0 Å². The number of nitrogens with one attached hydrogen (secondary N) is 1. The van der Waals surface area contributed by atoms with E-state index >= 15 is 0 Å². The molecule has 3 nitrogen and oxygen atoms in total. The van der Waals surface area contributed by atoms with Crippen LogP contribution in [0.5, 0.6) is 0 Å². The molecule has 2 heterocycles. The molecule has 0 aliphatic carbocycles. The minimum atomic E-state index is 0.260. The molecule has 1 unspecified atom stereocenters. The summed E-state index contributed by atoms with van der Waals surface area (Å²) in [6.45, 7) is 4.04. The first-order valence-electron chi connectivity index (χ1n) is 6.44. The van der Waals surface area contributed by atoms with E-state index in [9.17, 15) is 4.79 Å². The van der Waals surface area contributed by atoms with Crippen molar-refractivity contribution in [1.82, 2.24) is 5.32 Å². The van der Waals surface area contributed by atoms with Gasteiger partial charge in [-0.3, -0.25) is 4.79 Å². The first-order chi connectivity index (χ1) is 8.29. The number of carbonyl (C=O) groups excluding carboxylic acids is 1. The summed E-state index contributed by atoms with van der Waals surface area (Å²) >= 11 is 0. The van der Waals surface area contributed by atoms with Crippen LogP contribution in [0, 0.1) is 0 Å². The minimum Gasteiger partial charge on any atom is -0.312 e. The Balaban J connectivity index is 1.90. The molecule has 0 saturated carbocycles. The predicted molar refractivity (Wildman–Crippen MR) is 68.3 cm³/mol.